The molecule has 4 heteroatoms. The van der Waals surface area contributed by atoms with E-state index in [1.165, 1.54) is 18.2 Å². The molecule has 92 valence electrons. The number of hydrogen-bond acceptors (Lipinski definition) is 2. The van der Waals surface area contributed by atoms with Gasteiger partial charge in [0.05, 0.1) is 6.42 Å². The van der Waals surface area contributed by atoms with Gasteiger partial charge < -0.3 is 10.2 Å². The van der Waals surface area contributed by atoms with Crippen LogP contribution in [0.15, 0.2) is 42.5 Å². The van der Waals surface area contributed by atoms with Crippen LogP contribution in [-0.4, -0.2) is 16.2 Å². The Labute approximate surface area is 103 Å². The van der Waals surface area contributed by atoms with Gasteiger partial charge in [0.2, 0.25) is 0 Å². The van der Waals surface area contributed by atoms with Crippen molar-refractivity contribution < 1.29 is 19.4 Å². The zero-order valence-electron chi connectivity index (χ0n) is 9.43. The molecule has 0 heterocycles. The van der Waals surface area contributed by atoms with E-state index in [1.807, 2.05) is 0 Å². The summed E-state index contributed by atoms with van der Waals surface area (Å²) < 4.78 is 13.1. The van der Waals surface area contributed by atoms with E-state index in [0.717, 1.165) is 0 Å². The molecular formula is C14H11FO3. The van der Waals surface area contributed by atoms with Crippen LogP contribution in [0.25, 0.3) is 11.1 Å². The minimum Gasteiger partial charge on any atom is -0.507 e. The van der Waals surface area contributed by atoms with Crippen LogP contribution in [0.2, 0.25) is 0 Å². The Kier molecular flexibility index (Phi) is 3.28. The van der Waals surface area contributed by atoms with Gasteiger partial charge in [-0.1, -0.05) is 24.3 Å². The van der Waals surface area contributed by atoms with Crippen LogP contribution in [0.5, 0.6) is 5.75 Å². The van der Waals surface area contributed by atoms with Crippen LogP contribution in [-0.2, 0) is 11.2 Å². The molecule has 0 saturated carbocycles. The highest BCUT2D eigenvalue weighted by Gasteiger charge is 2.06. The second kappa shape index (κ2) is 4.87. The number of hydrogen-bond donors (Lipinski definition) is 2. The standard InChI is InChI=1S/C14H11FO3/c15-11-5-6-13(16)12(8-11)10-3-1-9(2-4-10)7-14(17)18/h1-6,8,16H,7H2,(H,17,18). The molecule has 0 bridgehead atoms. The van der Waals surface area contributed by atoms with Gasteiger partial charge in [0.15, 0.2) is 0 Å². The summed E-state index contributed by atoms with van der Waals surface area (Å²) in [7, 11) is 0. The molecule has 2 rings (SSSR count). The van der Waals surface area contributed by atoms with E-state index in [9.17, 15) is 14.3 Å². The first kappa shape index (κ1) is 12.1. The van der Waals surface area contributed by atoms with Crippen molar-refractivity contribution in [3.8, 4) is 16.9 Å². The number of carboxylic acids is 1. The van der Waals surface area contributed by atoms with Crippen molar-refractivity contribution >= 4 is 5.97 Å². The Balaban J connectivity index is 2.34. The molecule has 0 amide bonds. The lowest BCUT2D eigenvalue weighted by Gasteiger charge is -2.06. The van der Waals surface area contributed by atoms with Gasteiger partial charge in [0.25, 0.3) is 0 Å². The van der Waals surface area contributed by atoms with E-state index in [-0.39, 0.29) is 12.2 Å². The highest BCUT2D eigenvalue weighted by Crippen LogP contribution is 2.29. The lowest BCUT2D eigenvalue weighted by atomic mass is 10.0. The van der Waals surface area contributed by atoms with Crippen LogP contribution in [0.1, 0.15) is 5.56 Å². The second-order valence-corrected chi connectivity index (χ2v) is 3.93. The fourth-order valence-corrected chi connectivity index (χ4v) is 1.72. The van der Waals surface area contributed by atoms with Crippen molar-refractivity contribution in [2.75, 3.05) is 0 Å². The van der Waals surface area contributed by atoms with Gasteiger partial charge in [0, 0.05) is 5.56 Å². The molecule has 0 spiro atoms. The highest BCUT2D eigenvalue weighted by molar-refractivity contribution is 5.73. The molecule has 0 aliphatic rings. The third-order valence-corrected chi connectivity index (χ3v) is 2.58. The molecule has 0 aliphatic carbocycles. The molecule has 0 fully saturated rings. The molecule has 0 aromatic heterocycles. The maximum atomic E-state index is 13.1. The first-order valence-electron chi connectivity index (χ1n) is 5.36. The third-order valence-electron chi connectivity index (χ3n) is 2.58. The quantitative estimate of drug-likeness (QED) is 0.875. The fourth-order valence-electron chi connectivity index (χ4n) is 1.72. The molecular weight excluding hydrogens is 235 g/mol. The Morgan fingerprint density at radius 2 is 1.78 bits per heavy atom. The molecule has 0 atom stereocenters. The number of carboxylic acid groups (broad SMARTS) is 1. The van der Waals surface area contributed by atoms with Crippen LogP contribution in [0, 0.1) is 5.82 Å². The largest absolute Gasteiger partial charge is 0.507 e. The summed E-state index contributed by atoms with van der Waals surface area (Å²) in [5, 5.41) is 18.3. The first-order chi connectivity index (χ1) is 8.56. The molecule has 0 saturated heterocycles. The van der Waals surface area contributed by atoms with Gasteiger partial charge in [-0.25, -0.2) is 4.39 Å². The van der Waals surface area contributed by atoms with Crippen molar-refractivity contribution in [3.63, 3.8) is 0 Å². The zero-order valence-corrected chi connectivity index (χ0v) is 9.43. The number of rotatable bonds is 3. The van der Waals surface area contributed by atoms with E-state index >= 15 is 0 Å². The van der Waals surface area contributed by atoms with E-state index < -0.39 is 11.8 Å². The van der Waals surface area contributed by atoms with Gasteiger partial charge in [-0.2, -0.15) is 0 Å². The van der Waals surface area contributed by atoms with Crippen LogP contribution in [0.4, 0.5) is 4.39 Å². The molecule has 18 heavy (non-hydrogen) atoms. The molecule has 2 N–H and O–H groups in total. The highest BCUT2D eigenvalue weighted by atomic mass is 19.1. The Morgan fingerprint density at radius 1 is 1.11 bits per heavy atom. The van der Waals surface area contributed by atoms with Gasteiger partial charge >= 0.3 is 5.97 Å². The third kappa shape index (κ3) is 2.66. The average molecular weight is 246 g/mol. The van der Waals surface area contributed by atoms with E-state index in [4.69, 9.17) is 5.11 Å². The van der Waals surface area contributed by atoms with Crippen molar-refractivity contribution in [1.29, 1.82) is 0 Å². The normalized spacial score (nSPS) is 10.3. The summed E-state index contributed by atoms with van der Waals surface area (Å²) in [6.07, 6.45) is -0.0601. The summed E-state index contributed by atoms with van der Waals surface area (Å²) in [5.41, 5.74) is 1.68. The number of phenolic OH excluding ortho intramolecular Hbond substituents is 1. The van der Waals surface area contributed by atoms with E-state index in [0.29, 0.717) is 16.7 Å². The fraction of sp³-hybridized carbons (Fsp3) is 0.0714. The van der Waals surface area contributed by atoms with E-state index in [1.54, 1.807) is 24.3 Å². The molecule has 2 aromatic rings. The average Bonchev–Trinajstić information content (AvgIpc) is 2.33. The minimum absolute atomic E-state index is 0.0117. The molecule has 0 aliphatic heterocycles. The number of phenols is 1. The van der Waals surface area contributed by atoms with E-state index in [2.05, 4.69) is 0 Å². The predicted molar refractivity (Wildman–Crippen MR) is 64.8 cm³/mol. The Hall–Kier alpha value is -2.36. The number of carbonyl (C=O) groups is 1. The van der Waals surface area contributed by atoms with Gasteiger partial charge in [0.1, 0.15) is 11.6 Å². The maximum absolute atomic E-state index is 13.1. The van der Waals surface area contributed by atoms with Gasteiger partial charge in [-0.3, -0.25) is 4.79 Å². The summed E-state index contributed by atoms with van der Waals surface area (Å²) in [6, 6.07) is 10.3. The summed E-state index contributed by atoms with van der Waals surface area (Å²) >= 11 is 0. The Bertz CT molecular complexity index is 576. The lowest BCUT2D eigenvalue weighted by molar-refractivity contribution is -0.136. The van der Waals surface area contributed by atoms with Crippen LogP contribution >= 0.6 is 0 Å². The lowest BCUT2D eigenvalue weighted by Crippen LogP contribution is -1.99. The van der Waals surface area contributed by atoms with Gasteiger partial charge in [-0.05, 0) is 29.3 Å². The minimum atomic E-state index is -0.906. The molecule has 3 nitrogen and oxygen atoms in total. The number of halogens is 1. The zero-order chi connectivity index (χ0) is 13.1. The predicted octanol–water partition coefficient (Wildman–Crippen LogP) is 2.83. The summed E-state index contributed by atoms with van der Waals surface area (Å²) in [6.45, 7) is 0. The number of aliphatic carboxylic acids is 1. The van der Waals surface area contributed by atoms with Crippen LogP contribution < -0.4 is 0 Å². The smallest absolute Gasteiger partial charge is 0.307 e. The van der Waals surface area contributed by atoms with Gasteiger partial charge in [-0.15, -0.1) is 0 Å². The summed E-state index contributed by atoms with van der Waals surface area (Å²) in [4.78, 5) is 10.5. The first-order valence-corrected chi connectivity index (χ1v) is 5.36. The number of aromatic hydroxyl groups is 1. The topological polar surface area (TPSA) is 57.5 Å². The van der Waals surface area contributed by atoms with Crippen molar-refractivity contribution in [1.82, 2.24) is 0 Å². The SMILES string of the molecule is O=C(O)Cc1ccc(-c2cc(F)ccc2O)cc1. The van der Waals surface area contributed by atoms with Crippen molar-refractivity contribution in [3.05, 3.63) is 53.8 Å². The monoisotopic (exact) mass is 246 g/mol. The number of benzene rings is 2. The Morgan fingerprint density at radius 3 is 2.39 bits per heavy atom. The molecule has 0 radical (unpaired) electrons. The van der Waals surface area contributed by atoms with Crippen LogP contribution in [0.3, 0.4) is 0 Å². The molecule has 2 aromatic carbocycles. The van der Waals surface area contributed by atoms with Crippen molar-refractivity contribution in [2.24, 2.45) is 0 Å². The summed E-state index contributed by atoms with van der Waals surface area (Å²) in [5.74, 6) is -1.35. The maximum Gasteiger partial charge on any atom is 0.307 e. The molecule has 0 unspecified atom stereocenters. The second-order valence-electron chi connectivity index (χ2n) is 3.93. The van der Waals surface area contributed by atoms with Crippen molar-refractivity contribution in [2.45, 2.75) is 6.42 Å².